The molecule has 1 heterocycles. The Kier molecular flexibility index (Phi) is 2.56. The minimum absolute atomic E-state index is 0.584. The van der Waals surface area contributed by atoms with Crippen molar-refractivity contribution in [1.29, 1.82) is 0 Å². The molecule has 0 amide bonds. The molecule has 0 spiro atoms. The Morgan fingerprint density at radius 3 is 2.70 bits per heavy atom. The Morgan fingerprint density at radius 1 is 1.00 bits per heavy atom. The van der Waals surface area contributed by atoms with Gasteiger partial charge in [0.1, 0.15) is 0 Å². The number of thiophene rings is 1. The van der Waals surface area contributed by atoms with Crippen LogP contribution in [0.25, 0.3) is 30.9 Å². The molecule has 3 aromatic carbocycles. The fraction of sp³-hybridized carbons (Fsp3) is 0.111. The molecular weight excluding hydrogens is 262 g/mol. The Hall–Kier alpha value is -1.90. The van der Waals surface area contributed by atoms with Crippen molar-refractivity contribution in [2.24, 2.45) is 5.73 Å². The summed E-state index contributed by atoms with van der Waals surface area (Å²) in [4.78, 5) is 0. The Labute approximate surface area is 121 Å². The topological polar surface area (TPSA) is 26.0 Å². The van der Waals surface area contributed by atoms with Crippen LogP contribution in [0.2, 0.25) is 0 Å². The van der Waals surface area contributed by atoms with E-state index in [0.717, 1.165) is 0 Å². The average Bonchev–Trinajstić information content (AvgIpc) is 2.85. The van der Waals surface area contributed by atoms with E-state index in [9.17, 15) is 0 Å². The number of hydrogen-bond acceptors (Lipinski definition) is 2. The molecular formula is C18H15NS. The first-order valence-corrected chi connectivity index (χ1v) is 7.63. The molecule has 2 N–H and O–H groups in total. The molecule has 0 atom stereocenters. The van der Waals surface area contributed by atoms with E-state index in [2.05, 4.69) is 55.5 Å². The maximum absolute atomic E-state index is 6.00. The standard InChI is InChI=1S/C18H15NS/c1-11-6-7-14-12(8-11)9-13(10-19)17-15-4-2-3-5-16(15)20-18(14)17/h2-9H,10,19H2,1H3. The minimum Gasteiger partial charge on any atom is -0.326 e. The molecule has 0 fully saturated rings. The van der Waals surface area contributed by atoms with E-state index in [1.807, 2.05) is 11.3 Å². The number of fused-ring (bicyclic) bond motifs is 5. The van der Waals surface area contributed by atoms with Crippen molar-refractivity contribution in [3.63, 3.8) is 0 Å². The van der Waals surface area contributed by atoms with Crippen molar-refractivity contribution in [3.05, 3.63) is 59.7 Å². The molecule has 1 nitrogen and oxygen atoms in total. The van der Waals surface area contributed by atoms with E-state index in [4.69, 9.17) is 5.73 Å². The van der Waals surface area contributed by atoms with Gasteiger partial charge in [0.15, 0.2) is 0 Å². The van der Waals surface area contributed by atoms with Crippen LogP contribution in [0, 0.1) is 6.92 Å². The van der Waals surface area contributed by atoms with Gasteiger partial charge in [-0.1, -0.05) is 42.0 Å². The quantitative estimate of drug-likeness (QED) is 0.522. The number of aryl methyl sites for hydroxylation is 1. The predicted molar refractivity (Wildman–Crippen MR) is 89.5 cm³/mol. The van der Waals surface area contributed by atoms with Crippen molar-refractivity contribution < 1.29 is 0 Å². The van der Waals surface area contributed by atoms with Crippen molar-refractivity contribution >= 4 is 42.3 Å². The number of benzene rings is 3. The molecule has 0 aliphatic heterocycles. The number of nitrogens with two attached hydrogens (primary N) is 1. The zero-order chi connectivity index (χ0) is 13.7. The van der Waals surface area contributed by atoms with Crippen molar-refractivity contribution in [2.45, 2.75) is 13.5 Å². The monoisotopic (exact) mass is 277 g/mol. The van der Waals surface area contributed by atoms with Crippen LogP contribution in [0.5, 0.6) is 0 Å². The SMILES string of the molecule is Cc1ccc2c(c1)cc(CN)c1c3ccccc3sc21. The van der Waals surface area contributed by atoms with Crippen LogP contribution in [-0.2, 0) is 6.54 Å². The van der Waals surface area contributed by atoms with Gasteiger partial charge in [0.05, 0.1) is 0 Å². The van der Waals surface area contributed by atoms with Gasteiger partial charge in [-0.2, -0.15) is 0 Å². The second-order valence-corrected chi connectivity index (χ2v) is 6.32. The van der Waals surface area contributed by atoms with Crippen molar-refractivity contribution in [3.8, 4) is 0 Å². The Bertz CT molecular complexity index is 950. The molecule has 0 aliphatic rings. The Balaban J connectivity index is 2.31. The average molecular weight is 277 g/mol. The maximum atomic E-state index is 6.00. The largest absolute Gasteiger partial charge is 0.326 e. The van der Waals surface area contributed by atoms with Crippen molar-refractivity contribution in [1.82, 2.24) is 0 Å². The third-order valence-corrected chi connectivity index (χ3v) is 5.12. The van der Waals surface area contributed by atoms with Crippen LogP contribution in [0.4, 0.5) is 0 Å². The molecule has 0 unspecified atom stereocenters. The molecule has 20 heavy (non-hydrogen) atoms. The molecule has 1 aromatic heterocycles. The summed E-state index contributed by atoms with van der Waals surface area (Å²) in [6, 6.07) is 17.5. The summed E-state index contributed by atoms with van der Waals surface area (Å²) in [5, 5.41) is 5.30. The van der Waals surface area contributed by atoms with Crippen LogP contribution in [0.15, 0.2) is 48.5 Å². The summed E-state index contributed by atoms with van der Waals surface area (Å²) in [5.41, 5.74) is 8.54. The lowest BCUT2D eigenvalue weighted by molar-refractivity contribution is 1.09. The van der Waals surface area contributed by atoms with Crippen LogP contribution in [0.3, 0.4) is 0 Å². The molecule has 0 bridgehead atoms. The lowest BCUT2D eigenvalue weighted by Gasteiger charge is -2.06. The molecule has 0 aliphatic carbocycles. The smallest absolute Gasteiger partial charge is 0.0437 e. The second-order valence-electron chi connectivity index (χ2n) is 5.27. The van der Waals surface area contributed by atoms with Crippen LogP contribution < -0.4 is 5.73 Å². The van der Waals surface area contributed by atoms with Gasteiger partial charge in [0.2, 0.25) is 0 Å². The molecule has 4 rings (SSSR count). The van der Waals surface area contributed by atoms with Gasteiger partial charge >= 0.3 is 0 Å². The van der Waals surface area contributed by atoms with E-state index in [-0.39, 0.29) is 0 Å². The zero-order valence-electron chi connectivity index (χ0n) is 11.3. The van der Waals surface area contributed by atoms with Gasteiger partial charge < -0.3 is 5.73 Å². The Morgan fingerprint density at radius 2 is 1.85 bits per heavy atom. The van der Waals surface area contributed by atoms with Crippen molar-refractivity contribution in [2.75, 3.05) is 0 Å². The van der Waals surface area contributed by atoms with Crippen LogP contribution in [0.1, 0.15) is 11.1 Å². The van der Waals surface area contributed by atoms with E-state index in [0.29, 0.717) is 6.54 Å². The van der Waals surface area contributed by atoms with E-state index < -0.39 is 0 Å². The summed E-state index contributed by atoms with van der Waals surface area (Å²) in [6.07, 6.45) is 0. The van der Waals surface area contributed by atoms with Gasteiger partial charge in [-0.15, -0.1) is 11.3 Å². The normalized spacial score (nSPS) is 11.7. The van der Waals surface area contributed by atoms with E-state index in [1.54, 1.807) is 0 Å². The van der Waals surface area contributed by atoms with Gasteiger partial charge in [0.25, 0.3) is 0 Å². The lowest BCUT2D eigenvalue weighted by Crippen LogP contribution is -1.97. The minimum atomic E-state index is 0.584. The number of hydrogen-bond donors (Lipinski definition) is 1. The van der Waals surface area contributed by atoms with Crippen LogP contribution >= 0.6 is 11.3 Å². The van der Waals surface area contributed by atoms with Gasteiger partial charge in [-0.25, -0.2) is 0 Å². The van der Waals surface area contributed by atoms with Gasteiger partial charge in [-0.3, -0.25) is 0 Å². The van der Waals surface area contributed by atoms with Crippen LogP contribution in [-0.4, -0.2) is 0 Å². The molecule has 0 radical (unpaired) electrons. The third-order valence-electron chi connectivity index (χ3n) is 3.92. The molecule has 0 saturated heterocycles. The number of rotatable bonds is 1. The summed E-state index contributed by atoms with van der Waals surface area (Å²) >= 11 is 1.87. The maximum Gasteiger partial charge on any atom is 0.0437 e. The summed E-state index contributed by atoms with van der Waals surface area (Å²) < 4.78 is 2.70. The zero-order valence-corrected chi connectivity index (χ0v) is 12.1. The third kappa shape index (κ3) is 1.59. The first kappa shape index (κ1) is 11.9. The highest BCUT2D eigenvalue weighted by Gasteiger charge is 2.12. The van der Waals surface area contributed by atoms with Gasteiger partial charge in [-0.05, 0) is 35.4 Å². The van der Waals surface area contributed by atoms with Gasteiger partial charge in [0, 0.05) is 26.7 Å². The summed E-state index contributed by atoms with van der Waals surface area (Å²) in [5.74, 6) is 0. The summed E-state index contributed by atoms with van der Waals surface area (Å²) in [7, 11) is 0. The first-order valence-electron chi connectivity index (χ1n) is 6.81. The first-order chi connectivity index (χ1) is 9.78. The molecule has 2 heteroatoms. The molecule has 0 saturated carbocycles. The fourth-order valence-electron chi connectivity index (χ4n) is 2.98. The lowest BCUT2D eigenvalue weighted by atomic mass is 9.99. The molecule has 98 valence electrons. The fourth-order valence-corrected chi connectivity index (χ4v) is 4.27. The summed E-state index contributed by atoms with van der Waals surface area (Å²) in [6.45, 7) is 2.72. The predicted octanol–water partition coefficient (Wildman–Crippen LogP) is 4.97. The van der Waals surface area contributed by atoms with E-state index >= 15 is 0 Å². The highest BCUT2D eigenvalue weighted by Crippen LogP contribution is 2.40. The molecule has 4 aromatic rings. The highest BCUT2D eigenvalue weighted by molar-refractivity contribution is 7.26. The second kappa shape index (κ2) is 4.30. The van der Waals surface area contributed by atoms with E-state index in [1.165, 1.54) is 42.1 Å². The highest BCUT2D eigenvalue weighted by atomic mass is 32.1.